The quantitative estimate of drug-likeness (QED) is 0.547. The van der Waals surface area contributed by atoms with Gasteiger partial charge in [0.05, 0.1) is 19.2 Å². The molecule has 112 valence electrons. The number of amides is 2. The molecule has 2 amide bonds. The highest BCUT2D eigenvalue weighted by atomic mass is 35.5. The van der Waals surface area contributed by atoms with Crippen molar-refractivity contribution in [3.8, 4) is 0 Å². The smallest absolute Gasteiger partial charge is 0.239 e. The molecule has 0 spiro atoms. The van der Waals surface area contributed by atoms with Crippen LogP contribution in [-0.2, 0) is 14.3 Å². The molecule has 0 aliphatic heterocycles. The summed E-state index contributed by atoms with van der Waals surface area (Å²) in [5.41, 5.74) is 5.10. The molecule has 1 aliphatic rings. The first kappa shape index (κ1) is 18.1. The number of carbonyl (C=O) groups excluding carboxylic acids is 2. The van der Waals surface area contributed by atoms with Crippen molar-refractivity contribution < 1.29 is 14.3 Å². The second kappa shape index (κ2) is 11.0. The molecular weight excluding hydrogens is 270 g/mol. The monoisotopic (exact) mass is 293 g/mol. The Hall–Kier alpha value is -0.850. The summed E-state index contributed by atoms with van der Waals surface area (Å²) in [4.78, 5) is 22.1. The molecule has 1 aliphatic carbocycles. The van der Waals surface area contributed by atoms with Crippen LogP contribution in [0.25, 0.3) is 0 Å². The van der Waals surface area contributed by atoms with E-state index in [1.165, 1.54) is 12.8 Å². The van der Waals surface area contributed by atoms with Crippen molar-refractivity contribution in [1.82, 2.24) is 10.6 Å². The molecule has 0 bridgehead atoms. The van der Waals surface area contributed by atoms with Gasteiger partial charge < -0.3 is 21.1 Å². The standard InChI is InChI=1S/C12H23N3O3.ClH/c13-8-11(16)15-9-12(17)14-6-3-7-18-10-4-1-2-5-10;/h10H,1-9,13H2,(H,14,17)(H,15,16);1H. The van der Waals surface area contributed by atoms with Crippen molar-refractivity contribution in [3.05, 3.63) is 0 Å². The molecule has 0 heterocycles. The normalized spacial score (nSPS) is 14.8. The van der Waals surface area contributed by atoms with E-state index < -0.39 is 0 Å². The zero-order chi connectivity index (χ0) is 13.2. The number of nitrogens with two attached hydrogens (primary N) is 1. The highest BCUT2D eigenvalue weighted by Gasteiger charge is 2.14. The molecule has 1 rings (SSSR count). The third-order valence-corrected chi connectivity index (χ3v) is 2.93. The molecule has 7 heteroatoms. The van der Waals surface area contributed by atoms with Gasteiger partial charge in [-0.3, -0.25) is 9.59 Å². The largest absolute Gasteiger partial charge is 0.378 e. The molecule has 19 heavy (non-hydrogen) atoms. The van der Waals surface area contributed by atoms with Crippen LogP contribution in [0, 0.1) is 0 Å². The average Bonchev–Trinajstić information content (AvgIpc) is 2.88. The summed E-state index contributed by atoms with van der Waals surface area (Å²) >= 11 is 0. The first-order chi connectivity index (χ1) is 8.72. The summed E-state index contributed by atoms with van der Waals surface area (Å²) in [5.74, 6) is -0.521. The minimum atomic E-state index is -0.324. The molecule has 4 N–H and O–H groups in total. The van der Waals surface area contributed by atoms with Gasteiger partial charge in [0.1, 0.15) is 0 Å². The van der Waals surface area contributed by atoms with Crippen LogP contribution < -0.4 is 16.4 Å². The van der Waals surface area contributed by atoms with Gasteiger partial charge >= 0.3 is 0 Å². The molecule has 0 atom stereocenters. The molecule has 1 saturated carbocycles. The molecule has 0 radical (unpaired) electrons. The molecule has 0 saturated heterocycles. The number of carbonyl (C=O) groups is 2. The van der Waals surface area contributed by atoms with Crippen LogP contribution in [0.2, 0.25) is 0 Å². The molecule has 1 fully saturated rings. The topological polar surface area (TPSA) is 93.5 Å². The predicted octanol–water partition coefficient (Wildman–Crippen LogP) is -0.0514. The van der Waals surface area contributed by atoms with Gasteiger partial charge in [0.15, 0.2) is 0 Å². The Bertz CT molecular complexity index is 271. The van der Waals surface area contributed by atoms with Crippen LogP contribution in [0.1, 0.15) is 32.1 Å². The predicted molar refractivity (Wildman–Crippen MR) is 75.1 cm³/mol. The fourth-order valence-corrected chi connectivity index (χ4v) is 1.92. The van der Waals surface area contributed by atoms with Crippen LogP contribution in [0.5, 0.6) is 0 Å². The van der Waals surface area contributed by atoms with Gasteiger partial charge in [0.25, 0.3) is 0 Å². The summed E-state index contributed by atoms with van der Waals surface area (Å²) in [6.45, 7) is 1.15. The summed E-state index contributed by atoms with van der Waals surface area (Å²) in [6, 6.07) is 0. The second-order valence-corrected chi connectivity index (χ2v) is 4.46. The number of rotatable bonds is 8. The van der Waals surface area contributed by atoms with E-state index in [4.69, 9.17) is 10.5 Å². The van der Waals surface area contributed by atoms with E-state index in [2.05, 4.69) is 10.6 Å². The van der Waals surface area contributed by atoms with Gasteiger partial charge in [-0.05, 0) is 19.3 Å². The summed E-state index contributed by atoms with van der Waals surface area (Å²) < 4.78 is 5.66. The van der Waals surface area contributed by atoms with Gasteiger partial charge in [-0.25, -0.2) is 0 Å². The number of hydrogen-bond acceptors (Lipinski definition) is 4. The van der Waals surface area contributed by atoms with Crippen molar-refractivity contribution in [3.63, 3.8) is 0 Å². The van der Waals surface area contributed by atoms with Gasteiger partial charge in [-0.2, -0.15) is 0 Å². The zero-order valence-corrected chi connectivity index (χ0v) is 12.0. The number of ether oxygens (including phenoxy) is 1. The fourth-order valence-electron chi connectivity index (χ4n) is 1.92. The lowest BCUT2D eigenvalue weighted by molar-refractivity contribution is -0.125. The van der Waals surface area contributed by atoms with Crippen LogP contribution in [-0.4, -0.2) is 44.2 Å². The highest BCUT2D eigenvalue weighted by molar-refractivity contribution is 5.85. The third-order valence-electron chi connectivity index (χ3n) is 2.93. The molecular formula is C12H24ClN3O3. The van der Waals surface area contributed by atoms with Gasteiger partial charge in [0.2, 0.25) is 11.8 Å². The van der Waals surface area contributed by atoms with E-state index in [0.717, 1.165) is 19.3 Å². The lowest BCUT2D eigenvalue weighted by atomic mass is 10.3. The fraction of sp³-hybridized carbons (Fsp3) is 0.833. The van der Waals surface area contributed by atoms with Gasteiger partial charge in [-0.15, -0.1) is 12.4 Å². The number of hydrogen-bond donors (Lipinski definition) is 3. The highest BCUT2D eigenvalue weighted by Crippen LogP contribution is 2.20. The van der Waals surface area contributed by atoms with E-state index in [-0.39, 0.29) is 37.3 Å². The number of halogens is 1. The van der Waals surface area contributed by atoms with Gasteiger partial charge in [0, 0.05) is 13.2 Å². The van der Waals surface area contributed by atoms with E-state index in [1.807, 2.05) is 0 Å². The first-order valence-electron chi connectivity index (χ1n) is 6.57. The van der Waals surface area contributed by atoms with Crippen molar-refractivity contribution in [1.29, 1.82) is 0 Å². The van der Waals surface area contributed by atoms with Crippen LogP contribution in [0.15, 0.2) is 0 Å². The minimum Gasteiger partial charge on any atom is -0.378 e. The Morgan fingerprint density at radius 3 is 2.47 bits per heavy atom. The van der Waals surface area contributed by atoms with Crippen molar-refractivity contribution in [2.24, 2.45) is 5.73 Å². The Labute approximate surface area is 120 Å². The third kappa shape index (κ3) is 8.80. The van der Waals surface area contributed by atoms with Crippen LogP contribution in [0.3, 0.4) is 0 Å². The molecule has 0 aromatic heterocycles. The average molecular weight is 294 g/mol. The van der Waals surface area contributed by atoms with Gasteiger partial charge in [-0.1, -0.05) is 12.8 Å². The Morgan fingerprint density at radius 2 is 1.84 bits per heavy atom. The minimum absolute atomic E-state index is 0. The Balaban J connectivity index is 0.00000324. The summed E-state index contributed by atoms with van der Waals surface area (Å²) in [6.07, 6.45) is 6.08. The number of nitrogens with one attached hydrogen (secondary N) is 2. The lowest BCUT2D eigenvalue weighted by Crippen LogP contribution is -2.39. The van der Waals surface area contributed by atoms with E-state index in [0.29, 0.717) is 19.3 Å². The van der Waals surface area contributed by atoms with Crippen LogP contribution >= 0.6 is 12.4 Å². The van der Waals surface area contributed by atoms with E-state index in [1.54, 1.807) is 0 Å². The Morgan fingerprint density at radius 1 is 1.16 bits per heavy atom. The Kier molecular flexibility index (Phi) is 10.5. The maximum Gasteiger partial charge on any atom is 0.239 e. The second-order valence-electron chi connectivity index (χ2n) is 4.46. The van der Waals surface area contributed by atoms with Crippen molar-refractivity contribution in [2.75, 3.05) is 26.2 Å². The molecule has 6 nitrogen and oxygen atoms in total. The maximum absolute atomic E-state index is 11.3. The SMILES string of the molecule is Cl.NCC(=O)NCC(=O)NCCCOC1CCCC1. The maximum atomic E-state index is 11.3. The zero-order valence-electron chi connectivity index (χ0n) is 11.2. The van der Waals surface area contributed by atoms with Crippen LogP contribution in [0.4, 0.5) is 0 Å². The van der Waals surface area contributed by atoms with Crippen molar-refractivity contribution in [2.45, 2.75) is 38.2 Å². The summed E-state index contributed by atoms with van der Waals surface area (Å²) in [5, 5.41) is 5.12. The first-order valence-corrected chi connectivity index (χ1v) is 6.57. The summed E-state index contributed by atoms with van der Waals surface area (Å²) in [7, 11) is 0. The lowest BCUT2D eigenvalue weighted by Gasteiger charge is -2.11. The molecule has 0 aromatic rings. The van der Waals surface area contributed by atoms with E-state index in [9.17, 15) is 9.59 Å². The molecule has 0 unspecified atom stereocenters. The molecule has 0 aromatic carbocycles. The van der Waals surface area contributed by atoms with E-state index >= 15 is 0 Å². The van der Waals surface area contributed by atoms with Crippen molar-refractivity contribution >= 4 is 24.2 Å².